The molecule has 1 N–H and O–H groups in total. The van der Waals surface area contributed by atoms with Crippen LogP contribution in [0.25, 0.3) is 0 Å². The van der Waals surface area contributed by atoms with E-state index in [1.165, 1.54) is 7.11 Å². The highest BCUT2D eigenvalue weighted by atomic mass is 16.5. The molecule has 0 aromatic carbocycles. The molecule has 1 rings (SSSR count). The Morgan fingerprint density at radius 1 is 1.64 bits per heavy atom. The van der Waals surface area contributed by atoms with Crippen molar-refractivity contribution in [3.05, 3.63) is 18.3 Å². The molecular formula is C6H8BNO3. The first kappa shape index (κ1) is 7.88. The number of methoxy groups -OCH3 is 1. The summed E-state index contributed by atoms with van der Waals surface area (Å²) in [5, 5.41) is 8.43. The van der Waals surface area contributed by atoms with Crippen LogP contribution in [0.1, 0.15) is 0 Å². The van der Waals surface area contributed by atoms with Crippen molar-refractivity contribution < 1.29 is 14.4 Å². The van der Waals surface area contributed by atoms with Crippen molar-refractivity contribution in [1.29, 1.82) is 0 Å². The molecule has 0 unspecified atom stereocenters. The van der Waals surface area contributed by atoms with Crippen LogP contribution in [0.15, 0.2) is 18.3 Å². The van der Waals surface area contributed by atoms with Gasteiger partial charge in [-0.2, -0.15) is 0 Å². The second-order valence-corrected chi connectivity index (χ2v) is 1.78. The van der Waals surface area contributed by atoms with Crippen molar-refractivity contribution in [2.45, 2.75) is 0 Å². The smallest absolute Gasteiger partial charge is 0.504 e. The van der Waals surface area contributed by atoms with Gasteiger partial charge in [-0.3, -0.25) is 0 Å². The lowest BCUT2D eigenvalue weighted by Gasteiger charge is -2.05. The second kappa shape index (κ2) is 3.83. The Morgan fingerprint density at radius 3 is 3.09 bits per heavy atom. The van der Waals surface area contributed by atoms with E-state index in [1.807, 2.05) is 0 Å². The van der Waals surface area contributed by atoms with Crippen molar-refractivity contribution in [2.75, 3.05) is 7.11 Å². The van der Waals surface area contributed by atoms with E-state index in [0.717, 1.165) is 0 Å². The summed E-state index contributed by atoms with van der Waals surface area (Å²) in [7, 11) is 1.12. The monoisotopic (exact) mass is 153 g/mol. The van der Waals surface area contributed by atoms with Gasteiger partial charge in [-0.15, -0.1) is 0 Å². The van der Waals surface area contributed by atoms with Gasteiger partial charge in [-0.05, 0) is 12.1 Å². The molecule has 4 nitrogen and oxygen atoms in total. The maximum absolute atomic E-state index is 8.43. The van der Waals surface area contributed by atoms with E-state index in [-0.39, 0.29) is 7.69 Å². The van der Waals surface area contributed by atoms with Gasteiger partial charge in [-0.1, -0.05) is 0 Å². The van der Waals surface area contributed by atoms with E-state index in [2.05, 4.69) is 4.98 Å². The summed E-state index contributed by atoms with van der Waals surface area (Å²) < 4.78 is 9.65. The molecule has 0 saturated carbocycles. The van der Waals surface area contributed by atoms with Crippen LogP contribution in [0.2, 0.25) is 0 Å². The van der Waals surface area contributed by atoms with Crippen LogP contribution in [0.4, 0.5) is 0 Å². The Bertz CT molecular complexity index is 231. The molecule has 0 saturated heterocycles. The number of rotatable bonds is 3. The second-order valence-electron chi connectivity index (χ2n) is 1.78. The Labute approximate surface area is 65.1 Å². The van der Waals surface area contributed by atoms with Crippen molar-refractivity contribution in [2.24, 2.45) is 0 Å². The van der Waals surface area contributed by atoms with Gasteiger partial charge in [0.15, 0.2) is 5.75 Å². The zero-order chi connectivity index (χ0) is 8.10. The van der Waals surface area contributed by atoms with Crippen LogP contribution < -0.4 is 9.39 Å². The number of hydrogen-bond acceptors (Lipinski definition) is 4. The SMILES string of the molecule is COc1ncccc1OBO. The van der Waals surface area contributed by atoms with Crippen LogP contribution in [0.3, 0.4) is 0 Å². The highest BCUT2D eigenvalue weighted by molar-refractivity contribution is 6.17. The summed E-state index contributed by atoms with van der Waals surface area (Å²) >= 11 is 0. The van der Waals surface area contributed by atoms with Gasteiger partial charge in [0.1, 0.15) is 0 Å². The quantitative estimate of drug-likeness (QED) is 0.607. The molecule has 11 heavy (non-hydrogen) atoms. The van der Waals surface area contributed by atoms with Crippen LogP contribution in [0.5, 0.6) is 11.6 Å². The third kappa shape index (κ3) is 1.85. The summed E-state index contributed by atoms with van der Waals surface area (Å²) in [5.74, 6) is 0.819. The molecule has 0 fully saturated rings. The van der Waals surface area contributed by atoms with Crippen molar-refractivity contribution >= 4 is 7.69 Å². The lowest BCUT2D eigenvalue weighted by molar-refractivity contribution is 0.367. The zero-order valence-corrected chi connectivity index (χ0v) is 6.15. The molecule has 1 heterocycles. The average Bonchev–Trinajstić information content (AvgIpc) is 2.06. The summed E-state index contributed by atoms with van der Waals surface area (Å²) in [5.41, 5.74) is 0. The fraction of sp³-hybridized carbons (Fsp3) is 0.167. The first-order valence-corrected chi connectivity index (χ1v) is 3.11. The number of ether oxygens (including phenoxy) is 1. The number of nitrogens with zero attached hydrogens (tertiary/aromatic N) is 1. The lowest BCUT2D eigenvalue weighted by Crippen LogP contribution is -2.02. The largest absolute Gasteiger partial charge is 0.535 e. The van der Waals surface area contributed by atoms with E-state index in [4.69, 9.17) is 14.4 Å². The summed E-state index contributed by atoms with van der Waals surface area (Å²) in [6, 6.07) is 3.37. The maximum Gasteiger partial charge on any atom is 0.504 e. The van der Waals surface area contributed by atoms with Gasteiger partial charge < -0.3 is 14.4 Å². The van der Waals surface area contributed by atoms with Gasteiger partial charge in [-0.25, -0.2) is 4.98 Å². The van der Waals surface area contributed by atoms with Gasteiger partial charge in [0.2, 0.25) is 0 Å². The van der Waals surface area contributed by atoms with E-state index >= 15 is 0 Å². The van der Waals surface area contributed by atoms with Crippen LogP contribution >= 0.6 is 0 Å². The van der Waals surface area contributed by atoms with Crippen molar-refractivity contribution in [3.8, 4) is 11.6 Å². The van der Waals surface area contributed by atoms with Gasteiger partial charge in [0.05, 0.1) is 7.11 Å². The minimum Gasteiger partial charge on any atom is -0.535 e. The van der Waals surface area contributed by atoms with Crippen molar-refractivity contribution in [1.82, 2.24) is 4.98 Å². The minimum atomic E-state index is -0.373. The Hall–Kier alpha value is -1.23. The van der Waals surface area contributed by atoms with Crippen molar-refractivity contribution in [3.63, 3.8) is 0 Å². The molecule has 0 spiro atoms. The molecule has 58 valence electrons. The molecule has 1 aromatic heterocycles. The standard InChI is InChI=1S/C6H8BNO3/c1-10-6-5(11-7-9)3-2-4-8-6/h2-4,7,9H,1H3. The number of hydrogen-bond donors (Lipinski definition) is 1. The molecule has 0 atom stereocenters. The Kier molecular flexibility index (Phi) is 2.74. The van der Waals surface area contributed by atoms with Crippen LogP contribution in [-0.2, 0) is 0 Å². The van der Waals surface area contributed by atoms with Gasteiger partial charge >= 0.3 is 7.69 Å². The summed E-state index contributed by atoms with van der Waals surface area (Å²) in [6.45, 7) is 0. The van der Waals surface area contributed by atoms with Gasteiger partial charge in [0.25, 0.3) is 5.88 Å². The molecule has 0 aliphatic heterocycles. The molecule has 1 aromatic rings. The summed E-state index contributed by atoms with van der Waals surface area (Å²) in [4.78, 5) is 3.86. The molecule has 0 aliphatic carbocycles. The number of pyridine rings is 1. The van der Waals surface area contributed by atoms with Gasteiger partial charge in [0, 0.05) is 6.20 Å². The lowest BCUT2D eigenvalue weighted by atomic mass is 10.3. The predicted molar refractivity (Wildman–Crippen MR) is 40.8 cm³/mol. The maximum atomic E-state index is 8.43. The molecule has 0 radical (unpaired) electrons. The molecule has 0 bridgehead atoms. The predicted octanol–water partition coefficient (Wildman–Crippen LogP) is -0.272. The van der Waals surface area contributed by atoms with Crippen LogP contribution in [0, 0.1) is 0 Å². The fourth-order valence-corrected chi connectivity index (χ4v) is 0.709. The highest BCUT2D eigenvalue weighted by Crippen LogP contribution is 2.21. The summed E-state index contributed by atoms with van der Waals surface area (Å²) in [6.07, 6.45) is 1.59. The van der Waals surface area contributed by atoms with E-state index in [0.29, 0.717) is 11.6 Å². The molecule has 0 aliphatic rings. The minimum absolute atomic E-state index is 0.373. The normalized spacial score (nSPS) is 8.91. The molecular weight excluding hydrogens is 145 g/mol. The fourth-order valence-electron chi connectivity index (χ4n) is 0.709. The van der Waals surface area contributed by atoms with E-state index < -0.39 is 0 Å². The average molecular weight is 153 g/mol. The molecule has 0 amide bonds. The number of aromatic nitrogens is 1. The third-order valence-electron chi connectivity index (χ3n) is 1.15. The highest BCUT2D eigenvalue weighted by Gasteiger charge is 2.02. The van der Waals surface area contributed by atoms with E-state index in [9.17, 15) is 0 Å². The van der Waals surface area contributed by atoms with Crippen LogP contribution in [-0.4, -0.2) is 24.8 Å². The first-order chi connectivity index (χ1) is 5.38. The third-order valence-corrected chi connectivity index (χ3v) is 1.15. The topological polar surface area (TPSA) is 51.6 Å². The van der Waals surface area contributed by atoms with E-state index in [1.54, 1.807) is 18.3 Å². The Morgan fingerprint density at radius 2 is 2.45 bits per heavy atom. The zero-order valence-electron chi connectivity index (χ0n) is 6.15. The first-order valence-electron chi connectivity index (χ1n) is 3.11. The Balaban J connectivity index is 2.83. The molecule has 5 heteroatoms.